The topological polar surface area (TPSA) is 41.5 Å². The molecule has 1 unspecified atom stereocenters. The first-order valence-corrected chi connectivity index (χ1v) is 6.25. The second-order valence-electron chi connectivity index (χ2n) is 4.43. The van der Waals surface area contributed by atoms with E-state index in [0.29, 0.717) is 13.2 Å². The number of rotatable bonds is 7. The maximum absolute atomic E-state index is 9.74. The van der Waals surface area contributed by atoms with Crippen LogP contribution in [0.5, 0.6) is 0 Å². The molecule has 0 aliphatic rings. The first kappa shape index (κ1) is 14.0. The predicted octanol–water partition coefficient (Wildman–Crippen LogP) is 2.45. The lowest BCUT2D eigenvalue weighted by molar-refractivity contribution is 0.0112. The van der Waals surface area contributed by atoms with E-state index in [1.54, 1.807) is 0 Å². The van der Waals surface area contributed by atoms with Gasteiger partial charge in [0.2, 0.25) is 0 Å². The van der Waals surface area contributed by atoms with Gasteiger partial charge in [0.25, 0.3) is 0 Å². The summed E-state index contributed by atoms with van der Waals surface area (Å²) in [5.41, 5.74) is 2.36. The molecular formula is C14H23NO2. The molecule has 1 aromatic rings. The number of aliphatic hydroxyl groups is 1. The Morgan fingerprint density at radius 2 is 2.00 bits per heavy atom. The number of aryl methyl sites for hydroxylation is 1. The van der Waals surface area contributed by atoms with Crippen molar-refractivity contribution in [3.8, 4) is 0 Å². The molecule has 0 saturated carbocycles. The number of ether oxygens (including phenoxy) is 1. The van der Waals surface area contributed by atoms with Crippen LogP contribution in [0.15, 0.2) is 24.3 Å². The standard InChI is InChI=1S/C14H23NO2/c1-4-12-7-5-6-8-14(12)15-9-13(16)10-17-11(2)3/h5-8,11,13,15-16H,4,9-10H2,1-3H3. The van der Waals surface area contributed by atoms with Crippen molar-refractivity contribution in [2.75, 3.05) is 18.5 Å². The van der Waals surface area contributed by atoms with Crippen LogP contribution in [0.3, 0.4) is 0 Å². The Labute approximate surface area is 104 Å². The lowest BCUT2D eigenvalue weighted by Crippen LogP contribution is -2.26. The molecule has 0 bridgehead atoms. The molecule has 0 fully saturated rings. The molecule has 2 N–H and O–H groups in total. The molecule has 0 aromatic heterocycles. The summed E-state index contributed by atoms with van der Waals surface area (Å²) in [6.45, 7) is 6.95. The summed E-state index contributed by atoms with van der Waals surface area (Å²) in [5.74, 6) is 0. The van der Waals surface area contributed by atoms with Gasteiger partial charge in [0.15, 0.2) is 0 Å². The molecule has 1 aromatic carbocycles. The van der Waals surface area contributed by atoms with Crippen LogP contribution in [0.1, 0.15) is 26.3 Å². The zero-order chi connectivity index (χ0) is 12.7. The van der Waals surface area contributed by atoms with Crippen molar-refractivity contribution in [1.82, 2.24) is 0 Å². The van der Waals surface area contributed by atoms with Crippen molar-refractivity contribution >= 4 is 5.69 Å². The van der Waals surface area contributed by atoms with Gasteiger partial charge in [0, 0.05) is 12.2 Å². The summed E-state index contributed by atoms with van der Waals surface area (Å²) in [6, 6.07) is 8.16. The lowest BCUT2D eigenvalue weighted by atomic mass is 10.1. The van der Waals surface area contributed by atoms with Gasteiger partial charge in [-0.2, -0.15) is 0 Å². The second kappa shape index (κ2) is 7.30. The van der Waals surface area contributed by atoms with Crippen LogP contribution in [0.25, 0.3) is 0 Å². The minimum atomic E-state index is -0.470. The monoisotopic (exact) mass is 237 g/mol. The van der Waals surface area contributed by atoms with E-state index < -0.39 is 6.10 Å². The molecule has 96 valence electrons. The number of hydrogen-bond acceptors (Lipinski definition) is 3. The van der Waals surface area contributed by atoms with E-state index >= 15 is 0 Å². The fourth-order valence-corrected chi connectivity index (χ4v) is 1.59. The molecule has 0 aliphatic carbocycles. The summed E-state index contributed by atoms with van der Waals surface area (Å²) in [5, 5.41) is 13.0. The summed E-state index contributed by atoms with van der Waals surface area (Å²) in [4.78, 5) is 0. The van der Waals surface area contributed by atoms with Crippen LogP contribution >= 0.6 is 0 Å². The van der Waals surface area contributed by atoms with Crippen molar-refractivity contribution in [2.45, 2.75) is 39.4 Å². The van der Waals surface area contributed by atoms with Crippen LogP contribution in [0.2, 0.25) is 0 Å². The van der Waals surface area contributed by atoms with Gasteiger partial charge in [0.1, 0.15) is 0 Å². The molecule has 1 rings (SSSR count). The third kappa shape index (κ3) is 5.20. The van der Waals surface area contributed by atoms with Gasteiger partial charge < -0.3 is 15.2 Å². The Kier molecular flexibility index (Phi) is 6.01. The smallest absolute Gasteiger partial charge is 0.0945 e. The molecule has 0 saturated heterocycles. The maximum atomic E-state index is 9.74. The second-order valence-corrected chi connectivity index (χ2v) is 4.43. The molecule has 0 spiro atoms. The normalized spacial score (nSPS) is 12.8. The highest BCUT2D eigenvalue weighted by atomic mass is 16.5. The molecule has 0 amide bonds. The number of aliphatic hydroxyl groups excluding tert-OH is 1. The van der Waals surface area contributed by atoms with Crippen LogP contribution < -0.4 is 5.32 Å². The Balaban J connectivity index is 2.39. The zero-order valence-corrected chi connectivity index (χ0v) is 10.9. The Bertz CT molecular complexity index is 326. The Hall–Kier alpha value is -1.06. The minimum Gasteiger partial charge on any atom is -0.389 e. The average Bonchev–Trinajstić information content (AvgIpc) is 2.34. The van der Waals surface area contributed by atoms with Gasteiger partial charge in [-0.1, -0.05) is 25.1 Å². The first-order chi connectivity index (χ1) is 8.13. The fourth-order valence-electron chi connectivity index (χ4n) is 1.59. The van der Waals surface area contributed by atoms with Gasteiger partial charge in [-0.15, -0.1) is 0 Å². The van der Waals surface area contributed by atoms with E-state index in [1.807, 2.05) is 32.0 Å². The van der Waals surface area contributed by atoms with E-state index in [-0.39, 0.29) is 6.10 Å². The molecule has 0 heterocycles. The van der Waals surface area contributed by atoms with Gasteiger partial charge in [-0.3, -0.25) is 0 Å². The third-order valence-corrected chi connectivity index (χ3v) is 2.55. The number of nitrogens with one attached hydrogen (secondary N) is 1. The van der Waals surface area contributed by atoms with E-state index in [0.717, 1.165) is 12.1 Å². The van der Waals surface area contributed by atoms with E-state index in [9.17, 15) is 5.11 Å². The molecule has 0 aliphatic heterocycles. The van der Waals surface area contributed by atoms with Crippen LogP contribution in [0, 0.1) is 0 Å². The predicted molar refractivity (Wildman–Crippen MR) is 71.4 cm³/mol. The molecule has 0 radical (unpaired) electrons. The summed E-state index contributed by atoms with van der Waals surface area (Å²) in [7, 11) is 0. The van der Waals surface area contributed by atoms with Crippen LogP contribution in [-0.4, -0.2) is 30.5 Å². The number of hydrogen-bond donors (Lipinski definition) is 2. The quantitative estimate of drug-likeness (QED) is 0.765. The number of para-hydroxylation sites is 1. The Morgan fingerprint density at radius 1 is 1.29 bits per heavy atom. The highest BCUT2D eigenvalue weighted by Gasteiger charge is 2.06. The Morgan fingerprint density at radius 3 is 2.65 bits per heavy atom. The molecule has 3 nitrogen and oxygen atoms in total. The van der Waals surface area contributed by atoms with Crippen LogP contribution in [0.4, 0.5) is 5.69 Å². The van der Waals surface area contributed by atoms with Crippen molar-refractivity contribution in [3.05, 3.63) is 29.8 Å². The van der Waals surface area contributed by atoms with Crippen LogP contribution in [-0.2, 0) is 11.2 Å². The first-order valence-electron chi connectivity index (χ1n) is 6.25. The van der Waals surface area contributed by atoms with E-state index in [4.69, 9.17) is 4.74 Å². The van der Waals surface area contributed by atoms with Crippen molar-refractivity contribution in [1.29, 1.82) is 0 Å². The summed E-state index contributed by atoms with van der Waals surface area (Å²) < 4.78 is 5.36. The van der Waals surface area contributed by atoms with Gasteiger partial charge >= 0.3 is 0 Å². The minimum absolute atomic E-state index is 0.160. The highest BCUT2D eigenvalue weighted by Crippen LogP contribution is 2.15. The SMILES string of the molecule is CCc1ccccc1NCC(O)COC(C)C. The maximum Gasteiger partial charge on any atom is 0.0945 e. The van der Waals surface area contributed by atoms with E-state index in [1.165, 1.54) is 5.56 Å². The molecule has 3 heteroatoms. The lowest BCUT2D eigenvalue weighted by Gasteiger charge is -2.16. The van der Waals surface area contributed by atoms with Gasteiger partial charge in [-0.25, -0.2) is 0 Å². The van der Waals surface area contributed by atoms with Crippen molar-refractivity contribution < 1.29 is 9.84 Å². The summed E-state index contributed by atoms with van der Waals surface area (Å²) in [6.07, 6.45) is 0.678. The molecule has 1 atom stereocenters. The third-order valence-electron chi connectivity index (χ3n) is 2.55. The number of benzene rings is 1. The molecule has 17 heavy (non-hydrogen) atoms. The van der Waals surface area contributed by atoms with Crippen molar-refractivity contribution in [3.63, 3.8) is 0 Å². The number of anilines is 1. The summed E-state index contributed by atoms with van der Waals surface area (Å²) >= 11 is 0. The molecular weight excluding hydrogens is 214 g/mol. The van der Waals surface area contributed by atoms with Gasteiger partial charge in [-0.05, 0) is 31.9 Å². The van der Waals surface area contributed by atoms with E-state index in [2.05, 4.69) is 18.3 Å². The largest absolute Gasteiger partial charge is 0.389 e. The zero-order valence-electron chi connectivity index (χ0n) is 10.9. The van der Waals surface area contributed by atoms with Crippen molar-refractivity contribution in [2.24, 2.45) is 0 Å². The fraction of sp³-hybridized carbons (Fsp3) is 0.571. The van der Waals surface area contributed by atoms with Gasteiger partial charge in [0.05, 0.1) is 18.8 Å². The average molecular weight is 237 g/mol. The highest BCUT2D eigenvalue weighted by molar-refractivity contribution is 5.51.